The van der Waals surface area contributed by atoms with Crippen molar-refractivity contribution in [2.24, 2.45) is 0 Å². The molecule has 0 spiro atoms. The van der Waals surface area contributed by atoms with Crippen LogP contribution in [0.25, 0.3) is 10.8 Å². The van der Waals surface area contributed by atoms with Crippen molar-refractivity contribution in [1.29, 1.82) is 0 Å². The number of hydrogen-bond acceptors (Lipinski definition) is 9. The van der Waals surface area contributed by atoms with E-state index in [-0.39, 0.29) is 51.3 Å². The molecule has 0 saturated heterocycles. The lowest BCUT2D eigenvalue weighted by Crippen LogP contribution is -2.50. The summed E-state index contributed by atoms with van der Waals surface area (Å²) in [5.74, 6) is -2.65. The Kier molecular flexibility index (Phi) is 16.3. The van der Waals surface area contributed by atoms with Gasteiger partial charge in [-0.15, -0.1) is 0 Å². The number of carboxylic acid groups (broad SMARTS) is 1. The fourth-order valence-corrected chi connectivity index (χ4v) is 4.83. The number of rotatable bonds is 16. The molecule has 0 aromatic heterocycles. The highest BCUT2D eigenvalue weighted by Crippen LogP contribution is 2.28. The maximum atomic E-state index is 12.9. The van der Waals surface area contributed by atoms with Gasteiger partial charge in [0.05, 0.1) is 32.4 Å². The Bertz CT molecular complexity index is 1720. The molecule has 1 unspecified atom stereocenters. The summed E-state index contributed by atoms with van der Waals surface area (Å²) in [4.78, 5) is 76.7. The molecule has 1 atom stereocenters. The van der Waals surface area contributed by atoms with E-state index in [2.05, 4.69) is 20.5 Å². The van der Waals surface area contributed by atoms with Crippen molar-refractivity contribution in [2.75, 3.05) is 19.7 Å². The zero-order valence-corrected chi connectivity index (χ0v) is 28.3. The molecule has 4 rings (SSSR count). The molecule has 4 aromatic carbocycles. The van der Waals surface area contributed by atoms with Gasteiger partial charge in [0.15, 0.2) is 0 Å². The van der Waals surface area contributed by atoms with Crippen LogP contribution in [0.3, 0.4) is 0 Å². The summed E-state index contributed by atoms with van der Waals surface area (Å²) < 4.78 is 9.48. The minimum absolute atomic E-state index is 0.00343. The second kappa shape index (κ2) is 20.9. The van der Waals surface area contributed by atoms with Gasteiger partial charge < -0.3 is 40.1 Å². The van der Waals surface area contributed by atoms with Crippen LogP contribution in [0, 0.1) is 6.92 Å². The minimum atomic E-state index is -2.29. The lowest BCUT2D eigenvalue weighted by atomic mass is 10.0. The largest absolute Gasteiger partial charge is 0.481 e. The third-order valence-corrected chi connectivity index (χ3v) is 7.35. The lowest BCUT2D eigenvalue weighted by molar-refractivity contribution is -0.147. The molecule has 0 saturated carbocycles. The van der Waals surface area contributed by atoms with Gasteiger partial charge in [0.25, 0.3) is 0 Å². The fourth-order valence-electron chi connectivity index (χ4n) is 4.52. The maximum Gasteiger partial charge on any atom is 0.391 e. The highest BCUT2D eigenvalue weighted by Gasteiger charge is 2.22. The van der Waals surface area contributed by atoms with Gasteiger partial charge in [-0.3, -0.25) is 24.0 Å². The van der Waals surface area contributed by atoms with Crippen LogP contribution in [0.1, 0.15) is 29.5 Å². The Balaban J connectivity index is 0.000000521. The number of fused-ring (bicyclic) bond motifs is 1. The molecule has 0 fully saturated rings. The predicted molar refractivity (Wildman–Crippen MR) is 187 cm³/mol. The first-order chi connectivity index (χ1) is 24.0. The first-order valence-electron chi connectivity index (χ1n) is 15.6. The molecular weight excluding hydrogens is 665 g/mol. The van der Waals surface area contributed by atoms with Crippen molar-refractivity contribution in [2.45, 2.75) is 38.6 Å². The number of nitrogens with one attached hydrogen (secondary N) is 3. The Labute approximate surface area is 290 Å². The molecule has 0 aliphatic carbocycles. The average molecular weight is 706 g/mol. The number of carboxylic acids is 1. The Morgan fingerprint density at radius 3 is 2.12 bits per heavy atom. The average Bonchev–Trinajstić information content (AvgIpc) is 3.09. The third kappa shape index (κ3) is 15.2. The van der Waals surface area contributed by atoms with E-state index in [0.29, 0.717) is 5.75 Å². The van der Waals surface area contributed by atoms with Gasteiger partial charge in [0, 0.05) is 6.42 Å². The normalized spacial score (nSPS) is 11.0. The Morgan fingerprint density at radius 2 is 1.44 bits per heavy atom. The van der Waals surface area contributed by atoms with Gasteiger partial charge in [-0.05, 0) is 41.0 Å². The highest BCUT2D eigenvalue weighted by atomic mass is 31.2. The molecule has 50 heavy (non-hydrogen) atoms. The van der Waals surface area contributed by atoms with Crippen LogP contribution < -0.4 is 20.5 Å². The Hall–Kier alpha value is -5.36. The Morgan fingerprint density at radius 1 is 0.760 bits per heavy atom. The molecule has 0 aliphatic rings. The van der Waals surface area contributed by atoms with E-state index in [1.807, 2.05) is 91.9 Å². The van der Waals surface area contributed by atoms with Crippen molar-refractivity contribution in [3.63, 3.8) is 0 Å². The highest BCUT2D eigenvalue weighted by molar-refractivity contribution is 7.39. The number of aryl methyl sites for hydroxylation is 1. The molecule has 6 N–H and O–H groups in total. The zero-order chi connectivity index (χ0) is 36.3. The van der Waals surface area contributed by atoms with E-state index in [0.717, 1.165) is 27.5 Å². The maximum absolute atomic E-state index is 12.9. The summed E-state index contributed by atoms with van der Waals surface area (Å²) in [5, 5.41) is 18.5. The van der Waals surface area contributed by atoms with Crippen LogP contribution in [0.5, 0.6) is 5.75 Å². The molecule has 3 amide bonds. The molecule has 0 heterocycles. The molecule has 0 bridgehead atoms. The first-order valence-corrected chi connectivity index (χ1v) is 16.8. The van der Waals surface area contributed by atoms with Crippen molar-refractivity contribution in [3.05, 3.63) is 114 Å². The number of hydrogen-bond donors (Lipinski definition) is 6. The van der Waals surface area contributed by atoms with E-state index in [4.69, 9.17) is 19.6 Å². The number of amides is 3. The topological polar surface area (TPSA) is 201 Å². The quantitative estimate of drug-likeness (QED) is 0.0571. The minimum Gasteiger partial charge on any atom is -0.481 e. The van der Waals surface area contributed by atoms with Crippen LogP contribution in [0.15, 0.2) is 97.1 Å². The van der Waals surface area contributed by atoms with Crippen LogP contribution in [-0.4, -0.2) is 70.3 Å². The molecule has 14 heteroatoms. The molecule has 4 aromatic rings. The van der Waals surface area contributed by atoms with Gasteiger partial charge in [-0.1, -0.05) is 90.5 Å². The summed E-state index contributed by atoms with van der Waals surface area (Å²) in [6.45, 7) is 1.49. The predicted octanol–water partition coefficient (Wildman–Crippen LogP) is 3.34. The summed E-state index contributed by atoms with van der Waals surface area (Å²) >= 11 is 0. The smallest absolute Gasteiger partial charge is 0.391 e. The van der Waals surface area contributed by atoms with E-state index >= 15 is 0 Å². The molecule has 0 aliphatic heterocycles. The van der Waals surface area contributed by atoms with Gasteiger partial charge in [0.1, 0.15) is 18.4 Å². The molecular formula is C36H40N3O10P. The summed E-state index contributed by atoms with van der Waals surface area (Å²) in [7, 11) is -2.29. The summed E-state index contributed by atoms with van der Waals surface area (Å²) in [6.07, 6.45) is -0.256. The van der Waals surface area contributed by atoms with Gasteiger partial charge in [0.2, 0.25) is 17.7 Å². The zero-order valence-electron chi connectivity index (χ0n) is 27.4. The van der Waals surface area contributed by atoms with Crippen molar-refractivity contribution < 1.29 is 48.1 Å². The standard InChI is InChI=1S/C29H31N3O7.C7H9O3P/c33-25(18-21-10-11-22-8-4-5-9-23(22)16-21)32-24(17-20-6-2-1-3-7-20)29(38)31-19-26(34)30-14-15-39-28(37)13-12-27(35)36;1-6-2-4-7(5-3-6)10-11(8)9/h1-11,16,24H,12-15,17-19H2,(H,30,34)(H,31,38)(H,32,33)(H,35,36);2-5,8-9H,1H3. The molecule has 13 nitrogen and oxygen atoms in total. The monoisotopic (exact) mass is 705 g/mol. The second-order valence-electron chi connectivity index (χ2n) is 11.0. The van der Waals surface area contributed by atoms with Crippen LogP contribution in [0.4, 0.5) is 0 Å². The third-order valence-electron chi connectivity index (χ3n) is 6.97. The van der Waals surface area contributed by atoms with Crippen molar-refractivity contribution >= 4 is 49.0 Å². The number of aliphatic carboxylic acids is 1. The lowest BCUT2D eigenvalue weighted by Gasteiger charge is -2.19. The number of ether oxygens (including phenoxy) is 1. The van der Waals surface area contributed by atoms with Crippen LogP contribution in [-0.2, 0) is 41.6 Å². The molecule has 264 valence electrons. The van der Waals surface area contributed by atoms with E-state index in [1.165, 1.54) is 0 Å². The SMILES string of the molecule is Cc1ccc(OP(O)O)cc1.O=C(O)CCC(=O)OCCNC(=O)CNC(=O)C(Cc1ccccc1)NC(=O)Cc1ccc2ccccc2c1. The van der Waals surface area contributed by atoms with Gasteiger partial charge in [-0.25, -0.2) is 0 Å². The van der Waals surface area contributed by atoms with Crippen LogP contribution >= 0.6 is 8.60 Å². The number of esters is 1. The fraction of sp³-hybridized carbons (Fsp3) is 0.250. The second-order valence-corrected chi connectivity index (χ2v) is 11.7. The number of benzene rings is 4. The summed E-state index contributed by atoms with van der Waals surface area (Å²) in [5.41, 5.74) is 2.77. The number of carbonyl (C=O) groups is 5. The van der Waals surface area contributed by atoms with Crippen LogP contribution in [0.2, 0.25) is 0 Å². The van der Waals surface area contributed by atoms with Gasteiger partial charge >= 0.3 is 20.5 Å². The van der Waals surface area contributed by atoms with Crippen molar-refractivity contribution in [1.82, 2.24) is 16.0 Å². The summed E-state index contributed by atoms with van der Waals surface area (Å²) in [6, 6.07) is 29.0. The van der Waals surface area contributed by atoms with Crippen molar-refractivity contribution in [3.8, 4) is 5.75 Å². The number of carbonyl (C=O) groups excluding carboxylic acids is 4. The van der Waals surface area contributed by atoms with E-state index < -0.39 is 38.4 Å². The van der Waals surface area contributed by atoms with E-state index in [1.54, 1.807) is 12.1 Å². The van der Waals surface area contributed by atoms with E-state index in [9.17, 15) is 24.0 Å². The first kappa shape index (κ1) is 39.1. The van der Waals surface area contributed by atoms with Gasteiger partial charge in [-0.2, -0.15) is 0 Å². The molecule has 0 radical (unpaired) electrons.